The highest BCUT2D eigenvalue weighted by molar-refractivity contribution is 6.30. The first-order valence-corrected chi connectivity index (χ1v) is 10.3. The van der Waals surface area contributed by atoms with E-state index in [-0.39, 0.29) is 6.10 Å². The second kappa shape index (κ2) is 7.45. The van der Waals surface area contributed by atoms with Gasteiger partial charge in [-0.25, -0.2) is 0 Å². The Bertz CT molecular complexity index is 995. The van der Waals surface area contributed by atoms with Crippen molar-refractivity contribution in [2.24, 2.45) is 17.3 Å². The molecule has 6 heteroatoms. The molecule has 0 saturated heterocycles. The van der Waals surface area contributed by atoms with Crippen molar-refractivity contribution in [3.63, 3.8) is 0 Å². The molecule has 0 bridgehead atoms. The quantitative estimate of drug-likeness (QED) is 0.526. The average molecular weight is 435 g/mol. The summed E-state index contributed by atoms with van der Waals surface area (Å²) in [4.78, 5) is 12.7. The molecule has 2 nitrogen and oxygen atoms in total. The lowest BCUT2D eigenvalue weighted by Gasteiger charge is -2.12. The normalized spacial score (nSPS) is 25.0. The van der Waals surface area contributed by atoms with Crippen LogP contribution >= 0.6 is 11.6 Å². The Kier molecular flexibility index (Phi) is 5.21. The smallest absolute Gasteiger partial charge is 0.426 e. The van der Waals surface area contributed by atoms with Gasteiger partial charge < -0.3 is 4.74 Å². The van der Waals surface area contributed by atoms with E-state index in [9.17, 15) is 18.0 Å². The lowest BCUT2D eigenvalue weighted by Crippen LogP contribution is -2.21. The zero-order chi connectivity index (χ0) is 21.7. The fourth-order valence-corrected chi connectivity index (χ4v) is 4.65. The molecular weight excluding hydrogens is 413 g/mol. The molecule has 0 amide bonds. The summed E-state index contributed by atoms with van der Waals surface area (Å²) in [7, 11) is 0. The van der Waals surface area contributed by atoms with Gasteiger partial charge >= 0.3 is 12.1 Å². The molecule has 1 fully saturated rings. The molecule has 3 atom stereocenters. The third kappa shape index (κ3) is 3.87. The molecule has 158 valence electrons. The van der Waals surface area contributed by atoms with Gasteiger partial charge in [-0.15, -0.1) is 0 Å². The summed E-state index contributed by atoms with van der Waals surface area (Å²) in [6.45, 7) is 3.52. The van der Waals surface area contributed by atoms with Crippen LogP contribution in [0.2, 0.25) is 0 Å². The molecule has 2 aromatic rings. The Morgan fingerprint density at radius 2 is 1.80 bits per heavy atom. The van der Waals surface area contributed by atoms with Crippen LogP contribution in [0.5, 0.6) is 0 Å². The summed E-state index contributed by atoms with van der Waals surface area (Å²) in [5.41, 5.74) is 3.92. The summed E-state index contributed by atoms with van der Waals surface area (Å²) in [5, 5.41) is -1.18. The molecule has 0 radical (unpaired) electrons. The minimum absolute atomic E-state index is 0.309. The van der Waals surface area contributed by atoms with E-state index in [0.717, 1.165) is 28.3 Å². The highest BCUT2D eigenvalue weighted by atomic mass is 35.5. The molecule has 2 aromatic carbocycles. The third-order valence-corrected chi connectivity index (χ3v) is 6.62. The van der Waals surface area contributed by atoms with Crippen LogP contribution in [0, 0.1) is 17.3 Å². The first kappa shape index (κ1) is 21.0. The molecule has 0 N–H and O–H groups in total. The topological polar surface area (TPSA) is 26.3 Å². The predicted molar refractivity (Wildman–Crippen MR) is 110 cm³/mol. The van der Waals surface area contributed by atoms with E-state index in [4.69, 9.17) is 16.3 Å². The molecule has 4 rings (SSSR count). The van der Waals surface area contributed by atoms with Crippen molar-refractivity contribution >= 4 is 17.6 Å². The maximum absolute atomic E-state index is 12.8. The lowest BCUT2D eigenvalue weighted by molar-refractivity contribution is -0.151. The van der Waals surface area contributed by atoms with Gasteiger partial charge in [-0.2, -0.15) is 13.2 Å². The van der Waals surface area contributed by atoms with E-state index < -0.39 is 34.4 Å². The first-order chi connectivity index (χ1) is 14.1. The maximum atomic E-state index is 12.8. The molecule has 0 spiro atoms. The van der Waals surface area contributed by atoms with Crippen molar-refractivity contribution in [1.82, 2.24) is 0 Å². The van der Waals surface area contributed by atoms with Crippen LogP contribution in [0.1, 0.15) is 25.0 Å². The molecular formula is C24H22ClF3O2. The Morgan fingerprint density at radius 3 is 2.47 bits per heavy atom. The Hall–Kier alpha value is -2.27. The zero-order valence-corrected chi connectivity index (χ0v) is 17.4. The van der Waals surface area contributed by atoms with Crippen LogP contribution in [0.3, 0.4) is 0 Å². The fraction of sp³-hybridized carbons (Fsp3) is 0.375. The standard InChI is InChI=1S/C24H22ClF3O2/c1-23(2)19(13-20(25)24(26,27)28)21(23)22(29)30-16-11-15-9-6-10-17(18(15)12-16)14-7-4-3-5-8-14/h3-10,13,16,19,21H,11-12H2,1-2H3/b20-13-/t16-,19+,21-/m0/s1. The number of halogens is 4. The van der Waals surface area contributed by atoms with Gasteiger partial charge in [0, 0.05) is 12.8 Å². The Balaban J connectivity index is 1.47. The Morgan fingerprint density at radius 1 is 1.10 bits per heavy atom. The van der Waals surface area contributed by atoms with Crippen LogP contribution < -0.4 is 0 Å². The second-order valence-corrected chi connectivity index (χ2v) is 9.02. The van der Waals surface area contributed by atoms with Crippen LogP contribution in [-0.2, 0) is 22.4 Å². The number of rotatable bonds is 4. The van der Waals surface area contributed by atoms with Gasteiger partial charge in [0.15, 0.2) is 0 Å². The molecule has 30 heavy (non-hydrogen) atoms. The number of benzene rings is 2. The number of carbonyl (C=O) groups is 1. The summed E-state index contributed by atoms with van der Waals surface area (Å²) in [6.07, 6.45) is -2.75. The van der Waals surface area contributed by atoms with Crippen LogP contribution in [0.15, 0.2) is 59.6 Å². The largest absolute Gasteiger partial charge is 0.461 e. The first-order valence-electron chi connectivity index (χ1n) is 9.90. The minimum atomic E-state index is -4.60. The number of hydrogen-bond donors (Lipinski definition) is 0. The van der Waals surface area contributed by atoms with Gasteiger partial charge in [-0.3, -0.25) is 4.79 Å². The summed E-state index contributed by atoms with van der Waals surface area (Å²) >= 11 is 5.38. The van der Waals surface area contributed by atoms with Crippen molar-refractivity contribution in [2.75, 3.05) is 0 Å². The lowest BCUT2D eigenvalue weighted by atomic mass is 9.97. The van der Waals surface area contributed by atoms with Crippen LogP contribution in [-0.4, -0.2) is 18.2 Å². The molecule has 0 aromatic heterocycles. The van der Waals surface area contributed by atoms with E-state index in [2.05, 4.69) is 6.07 Å². The van der Waals surface area contributed by atoms with Gasteiger partial charge in [0.1, 0.15) is 11.1 Å². The van der Waals surface area contributed by atoms with E-state index in [0.29, 0.717) is 12.8 Å². The molecule has 0 heterocycles. The van der Waals surface area contributed by atoms with Gasteiger partial charge in [0.25, 0.3) is 0 Å². The van der Waals surface area contributed by atoms with Crippen molar-refractivity contribution < 1.29 is 22.7 Å². The fourth-order valence-electron chi connectivity index (χ4n) is 4.51. The van der Waals surface area contributed by atoms with E-state index in [1.807, 2.05) is 42.5 Å². The number of fused-ring (bicyclic) bond motifs is 1. The van der Waals surface area contributed by atoms with Crippen molar-refractivity contribution in [3.05, 3.63) is 70.8 Å². The number of allylic oxidation sites excluding steroid dienone is 2. The number of carbonyl (C=O) groups excluding carboxylic acids is 1. The van der Waals surface area contributed by atoms with E-state index in [1.165, 1.54) is 0 Å². The van der Waals surface area contributed by atoms with Crippen molar-refractivity contribution in [2.45, 2.75) is 39.0 Å². The number of ether oxygens (including phenoxy) is 1. The highest BCUT2D eigenvalue weighted by Gasteiger charge is 2.62. The monoisotopic (exact) mass is 434 g/mol. The minimum Gasteiger partial charge on any atom is -0.461 e. The molecule has 1 saturated carbocycles. The second-order valence-electron chi connectivity index (χ2n) is 8.61. The number of esters is 1. The average Bonchev–Trinajstić information content (AvgIpc) is 3.01. The van der Waals surface area contributed by atoms with Gasteiger partial charge in [-0.05, 0) is 33.6 Å². The van der Waals surface area contributed by atoms with Gasteiger partial charge in [0.05, 0.1) is 5.92 Å². The number of hydrogen-bond acceptors (Lipinski definition) is 2. The highest BCUT2D eigenvalue weighted by Crippen LogP contribution is 2.60. The molecule has 2 aliphatic carbocycles. The van der Waals surface area contributed by atoms with Crippen molar-refractivity contribution in [1.29, 1.82) is 0 Å². The van der Waals surface area contributed by atoms with Crippen LogP contribution in [0.25, 0.3) is 11.1 Å². The summed E-state index contributed by atoms with van der Waals surface area (Å²) < 4.78 is 44.0. The summed E-state index contributed by atoms with van der Waals surface area (Å²) in [5.74, 6) is -1.65. The number of alkyl halides is 3. The van der Waals surface area contributed by atoms with Crippen LogP contribution in [0.4, 0.5) is 13.2 Å². The summed E-state index contributed by atoms with van der Waals surface area (Å²) in [6, 6.07) is 16.1. The van der Waals surface area contributed by atoms with Crippen molar-refractivity contribution in [3.8, 4) is 11.1 Å². The SMILES string of the molecule is CC1(C)[C@H](/C=C(\Cl)C(F)(F)F)[C@H]1C(=O)O[C@H]1Cc2cccc(-c3ccccc3)c2C1. The maximum Gasteiger partial charge on any atom is 0.426 e. The molecule has 0 unspecified atom stereocenters. The molecule has 2 aliphatic rings. The van der Waals surface area contributed by atoms with Gasteiger partial charge in [0.2, 0.25) is 0 Å². The van der Waals surface area contributed by atoms with E-state index in [1.54, 1.807) is 13.8 Å². The van der Waals surface area contributed by atoms with E-state index >= 15 is 0 Å². The third-order valence-electron chi connectivity index (χ3n) is 6.28. The van der Waals surface area contributed by atoms with Gasteiger partial charge in [-0.1, -0.05) is 80.1 Å². The predicted octanol–water partition coefficient (Wildman–Crippen LogP) is 6.32. The molecule has 0 aliphatic heterocycles. The zero-order valence-electron chi connectivity index (χ0n) is 16.7. The Labute approximate surface area is 178 Å².